The molecule has 0 spiro atoms. The van der Waals surface area contributed by atoms with E-state index in [1.165, 1.54) is 17.1 Å². The lowest BCUT2D eigenvalue weighted by molar-refractivity contribution is 0.271. The molecule has 3 nitrogen and oxygen atoms in total. The molecule has 0 N–H and O–H groups in total. The predicted molar refractivity (Wildman–Crippen MR) is 74.3 cm³/mol. The SMILES string of the molecule is BrCCN(Cc1ccccc1)Cc1csnn1. The van der Waals surface area contributed by atoms with Crippen LogP contribution in [0.15, 0.2) is 35.7 Å². The molecule has 1 aromatic carbocycles. The first-order chi connectivity index (χ1) is 8.38. The molecule has 5 heteroatoms. The molecule has 0 aliphatic heterocycles. The molecule has 90 valence electrons. The van der Waals surface area contributed by atoms with E-state index in [9.17, 15) is 0 Å². The fourth-order valence-corrected chi connectivity index (χ4v) is 2.60. The van der Waals surface area contributed by atoms with Crippen molar-refractivity contribution in [3.05, 3.63) is 47.0 Å². The van der Waals surface area contributed by atoms with E-state index in [2.05, 4.69) is 54.7 Å². The van der Waals surface area contributed by atoms with Gasteiger partial charge < -0.3 is 0 Å². The first-order valence-corrected chi connectivity index (χ1v) is 7.42. The van der Waals surface area contributed by atoms with Crippen LogP contribution in [0.25, 0.3) is 0 Å². The Hall–Kier alpha value is -0.780. The Kier molecular flexibility index (Phi) is 5.09. The van der Waals surface area contributed by atoms with Crippen LogP contribution in [-0.2, 0) is 13.1 Å². The molecule has 0 aliphatic carbocycles. The van der Waals surface area contributed by atoms with E-state index < -0.39 is 0 Å². The van der Waals surface area contributed by atoms with Gasteiger partial charge in [0, 0.05) is 30.3 Å². The number of benzene rings is 1. The number of hydrogen-bond donors (Lipinski definition) is 0. The van der Waals surface area contributed by atoms with Gasteiger partial charge in [-0.25, -0.2) is 0 Å². The van der Waals surface area contributed by atoms with Gasteiger partial charge in [-0.3, -0.25) is 4.90 Å². The highest BCUT2D eigenvalue weighted by atomic mass is 79.9. The van der Waals surface area contributed by atoms with Crippen molar-refractivity contribution in [1.29, 1.82) is 0 Å². The number of alkyl halides is 1. The molecule has 2 rings (SSSR count). The van der Waals surface area contributed by atoms with Crippen molar-refractivity contribution in [2.75, 3.05) is 11.9 Å². The van der Waals surface area contributed by atoms with Crippen molar-refractivity contribution in [3.8, 4) is 0 Å². The lowest BCUT2D eigenvalue weighted by atomic mass is 10.2. The summed E-state index contributed by atoms with van der Waals surface area (Å²) in [6.45, 7) is 2.81. The zero-order valence-electron chi connectivity index (χ0n) is 9.42. The van der Waals surface area contributed by atoms with Crippen LogP contribution in [0.3, 0.4) is 0 Å². The molecule has 0 aliphatic rings. The Labute approximate surface area is 114 Å². The van der Waals surface area contributed by atoms with Gasteiger partial charge in [-0.15, -0.1) is 5.10 Å². The number of halogens is 1. The topological polar surface area (TPSA) is 29.0 Å². The van der Waals surface area contributed by atoms with Crippen molar-refractivity contribution in [2.45, 2.75) is 13.1 Å². The molecule has 0 saturated carbocycles. The summed E-state index contributed by atoms with van der Waals surface area (Å²) in [6, 6.07) is 10.5. The standard InChI is InChI=1S/C12H14BrN3S/c13-6-7-16(9-12-10-17-15-14-12)8-11-4-2-1-3-5-11/h1-5,10H,6-9H2. The minimum Gasteiger partial charge on any atom is -0.292 e. The van der Waals surface area contributed by atoms with Crippen LogP contribution >= 0.6 is 27.5 Å². The number of hydrogen-bond acceptors (Lipinski definition) is 4. The molecule has 0 radical (unpaired) electrons. The van der Waals surface area contributed by atoms with Gasteiger partial charge in [0.15, 0.2) is 0 Å². The predicted octanol–water partition coefficient (Wildman–Crippen LogP) is 2.94. The number of aromatic nitrogens is 2. The Morgan fingerprint density at radius 3 is 2.65 bits per heavy atom. The molecule has 2 aromatic rings. The van der Waals surface area contributed by atoms with Gasteiger partial charge in [-0.1, -0.05) is 50.8 Å². The minimum absolute atomic E-state index is 0.858. The quantitative estimate of drug-likeness (QED) is 0.768. The number of rotatable bonds is 6. The third-order valence-corrected chi connectivity index (χ3v) is 3.35. The maximum absolute atomic E-state index is 4.09. The van der Waals surface area contributed by atoms with Crippen LogP contribution in [0.4, 0.5) is 0 Å². The van der Waals surface area contributed by atoms with Gasteiger partial charge in [0.1, 0.15) is 0 Å². The lowest BCUT2D eigenvalue weighted by Gasteiger charge is -2.20. The third kappa shape index (κ3) is 4.18. The average molecular weight is 312 g/mol. The normalized spacial score (nSPS) is 10.9. The summed E-state index contributed by atoms with van der Waals surface area (Å²) in [6.07, 6.45) is 0. The second-order valence-electron chi connectivity index (χ2n) is 3.78. The molecule has 1 aromatic heterocycles. The Morgan fingerprint density at radius 1 is 1.18 bits per heavy atom. The van der Waals surface area contributed by atoms with Gasteiger partial charge in [0.05, 0.1) is 5.69 Å². The Bertz CT molecular complexity index is 419. The molecular weight excluding hydrogens is 298 g/mol. The number of nitrogens with zero attached hydrogens (tertiary/aromatic N) is 3. The smallest absolute Gasteiger partial charge is 0.0895 e. The van der Waals surface area contributed by atoms with E-state index in [0.29, 0.717) is 0 Å². The van der Waals surface area contributed by atoms with Crippen molar-refractivity contribution in [2.24, 2.45) is 0 Å². The van der Waals surface area contributed by atoms with Gasteiger partial charge >= 0.3 is 0 Å². The molecular formula is C12H14BrN3S. The maximum Gasteiger partial charge on any atom is 0.0895 e. The summed E-state index contributed by atoms with van der Waals surface area (Å²) >= 11 is 4.90. The van der Waals surface area contributed by atoms with Crippen LogP contribution in [-0.4, -0.2) is 26.4 Å². The molecule has 17 heavy (non-hydrogen) atoms. The second kappa shape index (κ2) is 6.83. The largest absolute Gasteiger partial charge is 0.292 e. The summed E-state index contributed by atoms with van der Waals surface area (Å²) in [5, 5.41) is 7.07. The first kappa shape index (κ1) is 12.7. The maximum atomic E-state index is 4.09. The zero-order chi connectivity index (χ0) is 11.9. The monoisotopic (exact) mass is 311 g/mol. The summed E-state index contributed by atoms with van der Waals surface area (Å²) in [7, 11) is 0. The molecule has 0 saturated heterocycles. The lowest BCUT2D eigenvalue weighted by Crippen LogP contribution is -2.25. The highest BCUT2D eigenvalue weighted by Crippen LogP contribution is 2.09. The average Bonchev–Trinajstić information content (AvgIpc) is 2.83. The van der Waals surface area contributed by atoms with Gasteiger partial charge in [-0.2, -0.15) is 0 Å². The van der Waals surface area contributed by atoms with E-state index >= 15 is 0 Å². The summed E-state index contributed by atoms with van der Waals surface area (Å²) in [5.41, 5.74) is 2.38. The summed E-state index contributed by atoms with van der Waals surface area (Å²) < 4.78 is 3.90. The molecule has 0 bridgehead atoms. The van der Waals surface area contributed by atoms with Crippen molar-refractivity contribution < 1.29 is 0 Å². The van der Waals surface area contributed by atoms with Crippen LogP contribution in [0.1, 0.15) is 11.3 Å². The fourth-order valence-electron chi connectivity index (χ4n) is 1.66. The first-order valence-electron chi connectivity index (χ1n) is 5.46. The van der Waals surface area contributed by atoms with Crippen LogP contribution < -0.4 is 0 Å². The minimum atomic E-state index is 0.858. The van der Waals surface area contributed by atoms with Crippen molar-refractivity contribution in [3.63, 3.8) is 0 Å². The molecule has 1 heterocycles. The van der Waals surface area contributed by atoms with Gasteiger partial charge in [0.2, 0.25) is 0 Å². The van der Waals surface area contributed by atoms with E-state index in [1.807, 2.05) is 11.4 Å². The Morgan fingerprint density at radius 2 is 2.00 bits per heavy atom. The van der Waals surface area contributed by atoms with Crippen LogP contribution in [0.2, 0.25) is 0 Å². The molecule has 0 atom stereocenters. The zero-order valence-corrected chi connectivity index (χ0v) is 11.8. The fraction of sp³-hybridized carbons (Fsp3) is 0.333. The molecule has 0 amide bonds. The van der Waals surface area contributed by atoms with Crippen molar-refractivity contribution in [1.82, 2.24) is 14.5 Å². The van der Waals surface area contributed by atoms with Gasteiger partial charge in [0.25, 0.3) is 0 Å². The van der Waals surface area contributed by atoms with E-state index in [4.69, 9.17) is 0 Å². The third-order valence-electron chi connectivity index (χ3n) is 2.44. The summed E-state index contributed by atoms with van der Waals surface area (Å²) in [5.74, 6) is 0. The Balaban J connectivity index is 1.97. The van der Waals surface area contributed by atoms with Gasteiger partial charge in [-0.05, 0) is 17.1 Å². The highest BCUT2D eigenvalue weighted by molar-refractivity contribution is 9.09. The molecule has 0 fully saturated rings. The highest BCUT2D eigenvalue weighted by Gasteiger charge is 2.07. The summed E-state index contributed by atoms with van der Waals surface area (Å²) in [4.78, 5) is 2.36. The molecule has 0 unspecified atom stereocenters. The van der Waals surface area contributed by atoms with Crippen LogP contribution in [0, 0.1) is 0 Å². The van der Waals surface area contributed by atoms with E-state index in [1.54, 1.807) is 0 Å². The van der Waals surface area contributed by atoms with E-state index in [0.717, 1.165) is 30.7 Å². The van der Waals surface area contributed by atoms with Crippen molar-refractivity contribution >= 4 is 27.5 Å². The van der Waals surface area contributed by atoms with E-state index in [-0.39, 0.29) is 0 Å². The van der Waals surface area contributed by atoms with Crippen LogP contribution in [0.5, 0.6) is 0 Å². The second-order valence-corrected chi connectivity index (χ2v) is 5.18.